The van der Waals surface area contributed by atoms with Crippen LogP contribution in [0.1, 0.15) is 38.1 Å². The SMILES string of the molecule is CC(=O)c1cn2ccnc2cc1OCCO[Si](C)(C)C(C)(C)C. The van der Waals surface area contributed by atoms with Crippen molar-refractivity contribution in [1.82, 2.24) is 9.38 Å². The lowest BCUT2D eigenvalue weighted by molar-refractivity contribution is 0.101. The topological polar surface area (TPSA) is 52.8 Å². The molecular formula is C17H26N2O3Si. The molecule has 2 aromatic rings. The maximum atomic E-state index is 11.8. The first kappa shape index (κ1) is 17.7. The van der Waals surface area contributed by atoms with Crippen LogP contribution in [0.15, 0.2) is 24.7 Å². The standard InChI is InChI=1S/C17H26N2O3Si/c1-13(20)14-12-19-8-7-18-16(19)11-15(14)21-9-10-22-23(5,6)17(2,3)4/h7-8,11-12H,9-10H2,1-6H3. The van der Waals surface area contributed by atoms with Gasteiger partial charge >= 0.3 is 0 Å². The van der Waals surface area contributed by atoms with E-state index in [-0.39, 0.29) is 10.8 Å². The average molecular weight is 334 g/mol. The van der Waals surface area contributed by atoms with Crippen LogP contribution in [0, 0.1) is 0 Å². The molecule has 0 aliphatic heterocycles. The maximum Gasteiger partial charge on any atom is 0.192 e. The number of ether oxygens (including phenoxy) is 1. The number of hydrogen-bond acceptors (Lipinski definition) is 4. The van der Waals surface area contributed by atoms with Gasteiger partial charge in [0.25, 0.3) is 0 Å². The van der Waals surface area contributed by atoms with E-state index in [1.165, 1.54) is 6.92 Å². The lowest BCUT2D eigenvalue weighted by atomic mass is 10.2. The highest BCUT2D eigenvalue weighted by Gasteiger charge is 2.36. The summed E-state index contributed by atoms with van der Waals surface area (Å²) < 4.78 is 13.7. The zero-order valence-electron chi connectivity index (χ0n) is 14.8. The Morgan fingerprint density at radius 2 is 2.00 bits per heavy atom. The fraction of sp³-hybridized carbons (Fsp3) is 0.529. The molecule has 0 aliphatic carbocycles. The summed E-state index contributed by atoms with van der Waals surface area (Å²) >= 11 is 0. The zero-order chi connectivity index (χ0) is 17.3. The number of pyridine rings is 1. The molecule has 0 N–H and O–H groups in total. The third kappa shape index (κ3) is 4.00. The second kappa shape index (κ2) is 6.45. The Morgan fingerprint density at radius 3 is 2.61 bits per heavy atom. The van der Waals surface area contributed by atoms with Gasteiger partial charge in [-0.25, -0.2) is 4.98 Å². The number of ketones is 1. The van der Waals surface area contributed by atoms with E-state index in [4.69, 9.17) is 9.16 Å². The number of carbonyl (C=O) groups excluding carboxylic acids is 1. The van der Waals surface area contributed by atoms with E-state index in [9.17, 15) is 4.79 Å². The van der Waals surface area contributed by atoms with Gasteiger partial charge in [-0.3, -0.25) is 4.79 Å². The summed E-state index contributed by atoms with van der Waals surface area (Å²) in [4.78, 5) is 16.0. The van der Waals surface area contributed by atoms with Crippen molar-refractivity contribution < 1.29 is 14.0 Å². The number of rotatable bonds is 6. The quantitative estimate of drug-likeness (QED) is 0.456. The number of imidazole rings is 1. The molecule has 0 spiro atoms. The molecule has 2 aromatic heterocycles. The van der Waals surface area contributed by atoms with Crippen LogP contribution in [-0.2, 0) is 4.43 Å². The first-order valence-electron chi connectivity index (χ1n) is 7.86. The lowest BCUT2D eigenvalue weighted by Crippen LogP contribution is -2.41. The summed E-state index contributed by atoms with van der Waals surface area (Å²) in [5, 5.41) is 0.173. The Hall–Kier alpha value is -1.66. The molecule has 0 fully saturated rings. The highest BCUT2D eigenvalue weighted by molar-refractivity contribution is 6.74. The molecule has 0 radical (unpaired) electrons. The van der Waals surface area contributed by atoms with Crippen LogP contribution in [0.25, 0.3) is 5.65 Å². The molecular weight excluding hydrogens is 308 g/mol. The third-order valence-corrected chi connectivity index (χ3v) is 9.02. The summed E-state index contributed by atoms with van der Waals surface area (Å²) in [7, 11) is -1.77. The van der Waals surface area contributed by atoms with Gasteiger partial charge in [-0.15, -0.1) is 0 Å². The third-order valence-electron chi connectivity index (χ3n) is 4.48. The van der Waals surface area contributed by atoms with Gasteiger partial charge in [-0.2, -0.15) is 0 Å². The Labute approximate surface area is 138 Å². The molecule has 2 rings (SSSR count). The number of carbonyl (C=O) groups is 1. The number of fused-ring (bicyclic) bond motifs is 1. The lowest BCUT2D eigenvalue weighted by Gasteiger charge is -2.36. The Balaban J connectivity index is 2.04. The average Bonchev–Trinajstić information content (AvgIpc) is 2.88. The summed E-state index contributed by atoms with van der Waals surface area (Å²) in [6.45, 7) is 13.5. The number of Topliss-reactive ketones (excluding diaryl/α,β-unsaturated/α-hetero) is 1. The van der Waals surface area contributed by atoms with Gasteiger partial charge in [-0.05, 0) is 25.1 Å². The fourth-order valence-corrected chi connectivity index (χ4v) is 3.02. The molecule has 5 nitrogen and oxygen atoms in total. The van der Waals surface area contributed by atoms with Crippen LogP contribution in [-0.4, -0.2) is 36.7 Å². The zero-order valence-corrected chi connectivity index (χ0v) is 15.8. The summed E-state index contributed by atoms with van der Waals surface area (Å²) in [6, 6.07) is 1.79. The van der Waals surface area contributed by atoms with Gasteiger partial charge in [0.1, 0.15) is 18.0 Å². The molecule has 0 unspecified atom stereocenters. The van der Waals surface area contributed by atoms with E-state index in [2.05, 4.69) is 38.8 Å². The number of hydrogen-bond donors (Lipinski definition) is 0. The van der Waals surface area contributed by atoms with Crippen LogP contribution in [0.5, 0.6) is 5.75 Å². The second-order valence-corrected chi connectivity index (χ2v) is 12.1. The van der Waals surface area contributed by atoms with E-state index in [0.717, 1.165) is 5.65 Å². The van der Waals surface area contributed by atoms with Crippen LogP contribution < -0.4 is 4.74 Å². The Kier molecular flexibility index (Phi) is 4.96. The van der Waals surface area contributed by atoms with Gasteiger partial charge in [0.05, 0.1) is 12.2 Å². The largest absolute Gasteiger partial charge is 0.490 e. The summed E-state index contributed by atoms with van der Waals surface area (Å²) in [5.74, 6) is 0.538. The predicted molar refractivity (Wildman–Crippen MR) is 93.8 cm³/mol. The molecule has 0 saturated carbocycles. The molecule has 126 valence electrons. The van der Waals surface area contributed by atoms with Crippen molar-refractivity contribution in [3.8, 4) is 5.75 Å². The van der Waals surface area contributed by atoms with E-state index < -0.39 is 8.32 Å². The molecule has 2 heterocycles. The van der Waals surface area contributed by atoms with Crippen molar-refractivity contribution in [2.45, 2.75) is 45.8 Å². The Bertz CT molecular complexity index is 701. The van der Waals surface area contributed by atoms with Crippen LogP contribution in [0.2, 0.25) is 18.1 Å². The fourth-order valence-electron chi connectivity index (χ4n) is 1.99. The molecule has 0 bridgehead atoms. The molecule has 0 aromatic carbocycles. The monoisotopic (exact) mass is 334 g/mol. The molecule has 23 heavy (non-hydrogen) atoms. The van der Waals surface area contributed by atoms with E-state index in [1.807, 2.05) is 10.6 Å². The minimum absolute atomic E-state index is 0.0269. The number of aromatic nitrogens is 2. The second-order valence-electron chi connectivity index (χ2n) is 7.26. The first-order chi connectivity index (χ1) is 10.6. The van der Waals surface area contributed by atoms with Crippen molar-refractivity contribution in [1.29, 1.82) is 0 Å². The van der Waals surface area contributed by atoms with E-state index in [0.29, 0.717) is 24.5 Å². The number of nitrogens with zero attached hydrogens (tertiary/aromatic N) is 2. The van der Waals surface area contributed by atoms with Crippen molar-refractivity contribution >= 4 is 19.7 Å². The smallest absolute Gasteiger partial charge is 0.192 e. The van der Waals surface area contributed by atoms with Gasteiger partial charge in [0, 0.05) is 24.7 Å². The van der Waals surface area contributed by atoms with Gasteiger partial charge in [0.2, 0.25) is 0 Å². The van der Waals surface area contributed by atoms with Crippen LogP contribution >= 0.6 is 0 Å². The molecule has 0 amide bonds. The maximum absolute atomic E-state index is 11.8. The summed E-state index contributed by atoms with van der Waals surface area (Å²) in [5.41, 5.74) is 1.32. The molecule has 0 atom stereocenters. The van der Waals surface area contributed by atoms with E-state index in [1.54, 1.807) is 18.5 Å². The van der Waals surface area contributed by atoms with Crippen molar-refractivity contribution in [2.75, 3.05) is 13.2 Å². The van der Waals surface area contributed by atoms with Gasteiger partial charge in [0.15, 0.2) is 14.1 Å². The summed E-state index contributed by atoms with van der Waals surface area (Å²) in [6.07, 6.45) is 5.27. The molecule has 0 saturated heterocycles. The molecule has 6 heteroatoms. The van der Waals surface area contributed by atoms with Crippen molar-refractivity contribution in [3.05, 3.63) is 30.2 Å². The minimum atomic E-state index is -1.77. The minimum Gasteiger partial charge on any atom is -0.490 e. The van der Waals surface area contributed by atoms with Crippen LogP contribution in [0.4, 0.5) is 0 Å². The highest BCUT2D eigenvalue weighted by Crippen LogP contribution is 2.36. The predicted octanol–water partition coefficient (Wildman–Crippen LogP) is 3.94. The van der Waals surface area contributed by atoms with E-state index >= 15 is 0 Å². The van der Waals surface area contributed by atoms with Crippen LogP contribution in [0.3, 0.4) is 0 Å². The van der Waals surface area contributed by atoms with Gasteiger partial charge in [-0.1, -0.05) is 20.8 Å². The Morgan fingerprint density at radius 1 is 1.30 bits per heavy atom. The highest BCUT2D eigenvalue weighted by atomic mass is 28.4. The van der Waals surface area contributed by atoms with Crippen molar-refractivity contribution in [3.63, 3.8) is 0 Å². The first-order valence-corrected chi connectivity index (χ1v) is 10.8. The molecule has 0 aliphatic rings. The normalized spacial score (nSPS) is 12.6. The van der Waals surface area contributed by atoms with Crippen molar-refractivity contribution in [2.24, 2.45) is 0 Å². The van der Waals surface area contributed by atoms with Gasteiger partial charge < -0.3 is 13.6 Å².